The summed E-state index contributed by atoms with van der Waals surface area (Å²) < 4.78 is 6.87. The number of thiazole rings is 1. The van der Waals surface area contributed by atoms with E-state index in [2.05, 4.69) is 4.98 Å². The summed E-state index contributed by atoms with van der Waals surface area (Å²) in [5.41, 5.74) is 1.07. The van der Waals surface area contributed by atoms with Crippen LogP contribution in [0.15, 0.2) is 16.2 Å². The lowest BCUT2D eigenvalue weighted by Crippen LogP contribution is -2.41. The Morgan fingerprint density at radius 1 is 1.44 bits per heavy atom. The van der Waals surface area contributed by atoms with Gasteiger partial charge in [0.1, 0.15) is 12.6 Å². The van der Waals surface area contributed by atoms with Crippen LogP contribution in [0.1, 0.15) is 44.0 Å². The summed E-state index contributed by atoms with van der Waals surface area (Å²) in [5.74, 6) is -0.430. The van der Waals surface area contributed by atoms with Crippen LogP contribution in [0.5, 0.6) is 0 Å². The third kappa shape index (κ3) is 3.58. The predicted octanol–water partition coefficient (Wildman–Crippen LogP) is 1.90. The zero-order valence-corrected chi connectivity index (χ0v) is 15.2. The summed E-state index contributed by atoms with van der Waals surface area (Å²) in [6.45, 7) is 4.31. The van der Waals surface area contributed by atoms with Crippen molar-refractivity contribution < 1.29 is 14.3 Å². The molecule has 2 aromatic heterocycles. The fourth-order valence-corrected chi connectivity index (χ4v) is 3.97. The molecule has 1 fully saturated rings. The molecule has 3 heterocycles. The van der Waals surface area contributed by atoms with E-state index in [9.17, 15) is 14.4 Å². The van der Waals surface area contributed by atoms with Crippen molar-refractivity contribution in [3.8, 4) is 0 Å². The summed E-state index contributed by atoms with van der Waals surface area (Å²) >= 11 is 1.37. The molecule has 7 nitrogen and oxygen atoms in total. The van der Waals surface area contributed by atoms with Crippen LogP contribution < -0.4 is 5.56 Å². The molecule has 0 spiro atoms. The third-order valence-electron chi connectivity index (χ3n) is 4.30. The number of nitrogens with zero attached hydrogens (tertiary/aromatic N) is 3. The Morgan fingerprint density at radius 2 is 2.24 bits per heavy atom. The second kappa shape index (κ2) is 7.35. The zero-order chi connectivity index (χ0) is 18.0. The average Bonchev–Trinajstić information content (AvgIpc) is 3.20. The molecule has 25 heavy (non-hydrogen) atoms. The summed E-state index contributed by atoms with van der Waals surface area (Å²) in [5, 5.41) is 1.86. The second-order valence-corrected chi connectivity index (χ2v) is 7.02. The second-order valence-electron chi connectivity index (χ2n) is 6.18. The minimum atomic E-state index is -0.520. The van der Waals surface area contributed by atoms with E-state index < -0.39 is 12.0 Å². The van der Waals surface area contributed by atoms with E-state index in [-0.39, 0.29) is 18.1 Å². The molecule has 3 rings (SSSR count). The minimum absolute atomic E-state index is 0.00574. The molecule has 1 aliphatic rings. The van der Waals surface area contributed by atoms with Gasteiger partial charge in [-0.2, -0.15) is 0 Å². The predicted molar refractivity (Wildman–Crippen MR) is 93.5 cm³/mol. The van der Waals surface area contributed by atoms with Gasteiger partial charge in [0, 0.05) is 30.1 Å². The van der Waals surface area contributed by atoms with Crippen molar-refractivity contribution in [1.82, 2.24) is 14.3 Å². The Balaban J connectivity index is 1.68. The van der Waals surface area contributed by atoms with Gasteiger partial charge in [0.2, 0.25) is 5.91 Å². The van der Waals surface area contributed by atoms with Crippen LogP contribution in [0, 0.1) is 6.92 Å². The number of likely N-dealkylation sites (tertiary alicyclic amines) is 1. The number of aromatic nitrogens is 2. The number of fused-ring (bicyclic) bond motifs is 1. The first-order valence-corrected chi connectivity index (χ1v) is 9.32. The van der Waals surface area contributed by atoms with Gasteiger partial charge < -0.3 is 9.64 Å². The summed E-state index contributed by atoms with van der Waals surface area (Å²) in [4.78, 5) is 43.1. The monoisotopic (exact) mass is 363 g/mol. The Bertz CT molecular complexity index is 857. The number of ether oxygens (including phenoxy) is 1. The maximum absolute atomic E-state index is 12.4. The Labute approximate surface area is 149 Å². The number of hydrogen-bond acceptors (Lipinski definition) is 6. The van der Waals surface area contributed by atoms with E-state index in [1.54, 1.807) is 4.90 Å². The van der Waals surface area contributed by atoms with Crippen LogP contribution in [0.4, 0.5) is 0 Å². The van der Waals surface area contributed by atoms with Gasteiger partial charge in [-0.05, 0) is 26.2 Å². The lowest BCUT2D eigenvalue weighted by atomic mass is 10.2. The van der Waals surface area contributed by atoms with E-state index in [1.165, 1.54) is 21.8 Å². The van der Waals surface area contributed by atoms with E-state index in [1.807, 2.05) is 19.2 Å². The number of rotatable bonds is 5. The van der Waals surface area contributed by atoms with Crippen LogP contribution in [-0.2, 0) is 20.9 Å². The molecule has 1 amide bonds. The van der Waals surface area contributed by atoms with E-state index in [0.717, 1.165) is 18.5 Å². The molecule has 0 saturated carbocycles. The molecule has 0 unspecified atom stereocenters. The molecule has 0 radical (unpaired) electrons. The van der Waals surface area contributed by atoms with Crippen molar-refractivity contribution in [3.63, 3.8) is 0 Å². The highest BCUT2D eigenvalue weighted by molar-refractivity contribution is 7.15. The van der Waals surface area contributed by atoms with Gasteiger partial charge in [-0.15, -0.1) is 11.3 Å². The average molecular weight is 363 g/mol. The van der Waals surface area contributed by atoms with Crippen molar-refractivity contribution in [2.45, 2.75) is 52.2 Å². The van der Waals surface area contributed by atoms with Crippen LogP contribution in [0.25, 0.3) is 4.96 Å². The van der Waals surface area contributed by atoms with Crippen LogP contribution in [0.3, 0.4) is 0 Å². The smallest absolute Gasteiger partial charge is 0.329 e. The molecule has 1 atom stereocenters. The molecule has 134 valence electrons. The fourth-order valence-electron chi connectivity index (χ4n) is 3.08. The summed E-state index contributed by atoms with van der Waals surface area (Å²) in [7, 11) is 0. The fraction of sp³-hybridized carbons (Fsp3) is 0.529. The summed E-state index contributed by atoms with van der Waals surface area (Å²) in [6.07, 6.45) is 2.62. The van der Waals surface area contributed by atoms with Crippen LogP contribution >= 0.6 is 11.3 Å². The largest absolute Gasteiger partial charge is 0.458 e. The van der Waals surface area contributed by atoms with Crippen molar-refractivity contribution in [2.24, 2.45) is 0 Å². The van der Waals surface area contributed by atoms with Gasteiger partial charge in [-0.3, -0.25) is 14.0 Å². The lowest BCUT2D eigenvalue weighted by Gasteiger charge is -2.23. The topological polar surface area (TPSA) is 81.0 Å². The maximum atomic E-state index is 12.4. The van der Waals surface area contributed by atoms with E-state index in [4.69, 9.17) is 4.74 Å². The molecule has 0 bridgehead atoms. The molecule has 2 aromatic rings. The van der Waals surface area contributed by atoms with Crippen molar-refractivity contribution >= 4 is 28.2 Å². The summed E-state index contributed by atoms with van der Waals surface area (Å²) in [6, 6.07) is 0.863. The van der Waals surface area contributed by atoms with Crippen molar-refractivity contribution in [3.05, 3.63) is 33.2 Å². The van der Waals surface area contributed by atoms with Crippen molar-refractivity contribution in [2.75, 3.05) is 6.54 Å². The molecule has 1 saturated heterocycles. The highest BCUT2D eigenvalue weighted by Crippen LogP contribution is 2.20. The number of aryl methyl sites for hydroxylation is 1. The Morgan fingerprint density at radius 3 is 3.00 bits per heavy atom. The molecule has 0 aliphatic carbocycles. The zero-order valence-electron chi connectivity index (χ0n) is 14.4. The normalized spacial score (nSPS) is 17.2. The molecule has 0 N–H and O–H groups in total. The van der Waals surface area contributed by atoms with Gasteiger partial charge in [-0.25, -0.2) is 9.78 Å². The van der Waals surface area contributed by atoms with Gasteiger partial charge in [0.15, 0.2) is 4.96 Å². The van der Waals surface area contributed by atoms with Gasteiger partial charge in [0.05, 0.1) is 5.69 Å². The van der Waals surface area contributed by atoms with E-state index >= 15 is 0 Å². The third-order valence-corrected chi connectivity index (χ3v) is 5.24. The lowest BCUT2D eigenvalue weighted by molar-refractivity contribution is -0.154. The van der Waals surface area contributed by atoms with Gasteiger partial charge in [0.25, 0.3) is 5.56 Å². The SMILES string of the molecule is CCCC(=O)N1CCC[C@H]1C(=O)OCc1cc(=O)n2c(C)csc2n1. The highest BCUT2D eigenvalue weighted by Gasteiger charge is 2.34. The van der Waals surface area contributed by atoms with E-state index in [0.29, 0.717) is 30.0 Å². The molecule has 1 aliphatic heterocycles. The standard InChI is InChI=1S/C17H21N3O4S/c1-3-5-14(21)19-7-4-6-13(19)16(23)24-9-12-8-15(22)20-11(2)10-25-17(20)18-12/h8,10,13H,3-7,9H2,1-2H3/t13-/m0/s1. The van der Waals surface area contributed by atoms with Crippen LogP contribution in [-0.4, -0.2) is 38.7 Å². The molecular formula is C17H21N3O4S. The first-order valence-electron chi connectivity index (χ1n) is 8.44. The number of carbonyl (C=O) groups is 2. The highest BCUT2D eigenvalue weighted by atomic mass is 32.1. The first kappa shape index (κ1) is 17.6. The molecular weight excluding hydrogens is 342 g/mol. The molecule has 8 heteroatoms. The number of esters is 1. The first-order chi connectivity index (χ1) is 12.0. The maximum Gasteiger partial charge on any atom is 0.329 e. The quantitative estimate of drug-likeness (QED) is 0.758. The van der Waals surface area contributed by atoms with Crippen LogP contribution in [0.2, 0.25) is 0 Å². The van der Waals surface area contributed by atoms with Crippen molar-refractivity contribution in [1.29, 1.82) is 0 Å². The Hall–Kier alpha value is -2.22. The number of amides is 1. The van der Waals surface area contributed by atoms with Gasteiger partial charge >= 0.3 is 5.97 Å². The Kier molecular flexibility index (Phi) is 5.17. The number of carbonyl (C=O) groups excluding carboxylic acids is 2. The van der Waals surface area contributed by atoms with Gasteiger partial charge in [-0.1, -0.05) is 6.92 Å². The minimum Gasteiger partial charge on any atom is -0.458 e. The number of hydrogen-bond donors (Lipinski definition) is 0. The molecule has 0 aromatic carbocycles.